The standard InChI is InChI=1S/C11H27N3/c1-6-11(8-12)14(7-2)10(3)9-13(4)5/h10-11H,6-9,12H2,1-5H3. The number of likely N-dealkylation sites (N-methyl/N-ethyl adjacent to an activating group) is 2. The van der Waals surface area contributed by atoms with Gasteiger partial charge in [-0.15, -0.1) is 0 Å². The third-order valence-corrected chi connectivity index (χ3v) is 2.77. The first-order chi connectivity index (χ1) is 6.56. The van der Waals surface area contributed by atoms with E-state index in [1.54, 1.807) is 0 Å². The minimum absolute atomic E-state index is 0.537. The second-order valence-electron chi connectivity index (χ2n) is 4.24. The predicted octanol–water partition coefficient (Wildman–Crippen LogP) is 0.996. The molecule has 2 N–H and O–H groups in total. The van der Waals surface area contributed by atoms with Crippen LogP contribution in [0.2, 0.25) is 0 Å². The van der Waals surface area contributed by atoms with Crippen molar-refractivity contribution in [3.63, 3.8) is 0 Å². The molecule has 0 fully saturated rings. The van der Waals surface area contributed by atoms with Gasteiger partial charge in [-0.2, -0.15) is 0 Å². The van der Waals surface area contributed by atoms with Gasteiger partial charge >= 0.3 is 0 Å². The van der Waals surface area contributed by atoms with Crippen molar-refractivity contribution >= 4 is 0 Å². The average molecular weight is 201 g/mol. The quantitative estimate of drug-likeness (QED) is 0.667. The van der Waals surface area contributed by atoms with Crippen molar-refractivity contribution in [1.29, 1.82) is 0 Å². The van der Waals surface area contributed by atoms with Crippen LogP contribution in [0.25, 0.3) is 0 Å². The van der Waals surface area contributed by atoms with Crippen molar-refractivity contribution < 1.29 is 0 Å². The molecule has 0 aromatic heterocycles. The van der Waals surface area contributed by atoms with Gasteiger partial charge in [-0.25, -0.2) is 0 Å². The molecule has 2 atom stereocenters. The number of rotatable bonds is 7. The molecule has 0 amide bonds. The van der Waals surface area contributed by atoms with Crippen molar-refractivity contribution in [2.45, 2.75) is 39.3 Å². The zero-order valence-corrected chi connectivity index (χ0v) is 10.5. The molecule has 3 heteroatoms. The predicted molar refractivity (Wildman–Crippen MR) is 63.5 cm³/mol. The molecule has 0 aliphatic heterocycles. The van der Waals surface area contributed by atoms with Crippen molar-refractivity contribution in [2.75, 3.05) is 33.7 Å². The third kappa shape index (κ3) is 4.40. The molecule has 2 unspecified atom stereocenters. The largest absolute Gasteiger partial charge is 0.329 e. The van der Waals surface area contributed by atoms with Gasteiger partial charge in [0, 0.05) is 25.2 Å². The molecule has 0 heterocycles. The molecule has 0 aliphatic rings. The molecule has 14 heavy (non-hydrogen) atoms. The molecular weight excluding hydrogens is 174 g/mol. The maximum Gasteiger partial charge on any atom is 0.0219 e. The van der Waals surface area contributed by atoms with Crippen LogP contribution in [-0.4, -0.2) is 55.6 Å². The molecule has 0 aromatic rings. The first kappa shape index (κ1) is 13.9. The van der Waals surface area contributed by atoms with Crippen molar-refractivity contribution in [3.05, 3.63) is 0 Å². The Hall–Kier alpha value is -0.120. The van der Waals surface area contributed by atoms with Crippen molar-refractivity contribution in [3.8, 4) is 0 Å². The van der Waals surface area contributed by atoms with E-state index in [1.165, 1.54) is 0 Å². The summed E-state index contributed by atoms with van der Waals surface area (Å²) in [6.07, 6.45) is 1.14. The zero-order valence-electron chi connectivity index (χ0n) is 10.5. The van der Waals surface area contributed by atoms with Gasteiger partial charge in [0.25, 0.3) is 0 Å². The molecule has 0 aliphatic carbocycles. The van der Waals surface area contributed by atoms with Gasteiger partial charge in [0.15, 0.2) is 0 Å². The van der Waals surface area contributed by atoms with Crippen LogP contribution in [0, 0.1) is 0 Å². The second-order valence-corrected chi connectivity index (χ2v) is 4.24. The van der Waals surface area contributed by atoms with Crippen LogP contribution in [0.4, 0.5) is 0 Å². The van der Waals surface area contributed by atoms with E-state index < -0.39 is 0 Å². The summed E-state index contributed by atoms with van der Waals surface area (Å²) in [5.74, 6) is 0. The maximum atomic E-state index is 5.77. The highest BCUT2D eigenvalue weighted by molar-refractivity contribution is 4.76. The highest BCUT2D eigenvalue weighted by atomic mass is 15.2. The highest BCUT2D eigenvalue weighted by Crippen LogP contribution is 2.08. The Bertz CT molecular complexity index is 132. The van der Waals surface area contributed by atoms with Crippen LogP contribution < -0.4 is 5.73 Å². The summed E-state index contributed by atoms with van der Waals surface area (Å²) in [5.41, 5.74) is 5.77. The lowest BCUT2D eigenvalue weighted by Gasteiger charge is -2.35. The molecular formula is C11H27N3. The fourth-order valence-electron chi connectivity index (χ4n) is 2.10. The smallest absolute Gasteiger partial charge is 0.0219 e. The minimum Gasteiger partial charge on any atom is -0.329 e. The van der Waals surface area contributed by atoms with Gasteiger partial charge in [0.05, 0.1) is 0 Å². The van der Waals surface area contributed by atoms with E-state index in [1.807, 2.05) is 0 Å². The fraction of sp³-hybridized carbons (Fsp3) is 1.00. The van der Waals surface area contributed by atoms with Gasteiger partial charge in [-0.05, 0) is 34.0 Å². The summed E-state index contributed by atoms with van der Waals surface area (Å²) >= 11 is 0. The summed E-state index contributed by atoms with van der Waals surface area (Å²) in [6, 6.07) is 1.12. The average Bonchev–Trinajstić information content (AvgIpc) is 2.12. The van der Waals surface area contributed by atoms with E-state index in [0.29, 0.717) is 12.1 Å². The van der Waals surface area contributed by atoms with E-state index in [0.717, 1.165) is 26.1 Å². The van der Waals surface area contributed by atoms with E-state index >= 15 is 0 Å². The van der Waals surface area contributed by atoms with Crippen molar-refractivity contribution in [1.82, 2.24) is 9.80 Å². The van der Waals surface area contributed by atoms with Crippen LogP contribution in [0.1, 0.15) is 27.2 Å². The Morgan fingerprint density at radius 3 is 2.07 bits per heavy atom. The summed E-state index contributed by atoms with van der Waals surface area (Å²) in [7, 11) is 4.24. The van der Waals surface area contributed by atoms with Gasteiger partial charge in [0.2, 0.25) is 0 Å². The number of hydrogen-bond acceptors (Lipinski definition) is 3. The zero-order chi connectivity index (χ0) is 11.1. The molecule has 86 valence electrons. The highest BCUT2D eigenvalue weighted by Gasteiger charge is 2.19. The molecule has 0 bridgehead atoms. The Morgan fingerprint density at radius 1 is 1.21 bits per heavy atom. The summed E-state index contributed by atoms with van der Waals surface area (Å²) < 4.78 is 0. The monoisotopic (exact) mass is 201 g/mol. The Labute approximate surface area is 89.2 Å². The summed E-state index contributed by atoms with van der Waals surface area (Å²) in [5, 5.41) is 0. The van der Waals surface area contributed by atoms with Gasteiger partial charge in [0.1, 0.15) is 0 Å². The second kappa shape index (κ2) is 7.21. The lowest BCUT2D eigenvalue weighted by molar-refractivity contribution is 0.128. The van der Waals surface area contributed by atoms with E-state index in [4.69, 9.17) is 5.73 Å². The van der Waals surface area contributed by atoms with Gasteiger partial charge < -0.3 is 10.6 Å². The Balaban J connectivity index is 4.22. The number of hydrogen-bond donors (Lipinski definition) is 1. The van der Waals surface area contributed by atoms with Crippen LogP contribution in [0.5, 0.6) is 0 Å². The molecule has 0 saturated heterocycles. The Morgan fingerprint density at radius 2 is 1.79 bits per heavy atom. The number of nitrogens with two attached hydrogens (primary N) is 1. The fourth-order valence-corrected chi connectivity index (χ4v) is 2.10. The van der Waals surface area contributed by atoms with Crippen molar-refractivity contribution in [2.24, 2.45) is 5.73 Å². The minimum atomic E-state index is 0.537. The first-order valence-corrected chi connectivity index (χ1v) is 5.67. The normalized spacial score (nSPS) is 16.3. The lowest BCUT2D eigenvalue weighted by atomic mass is 10.1. The van der Waals surface area contributed by atoms with E-state index in [9.17, 15) is 0 Å². The Kier molecular flexibility index (Phi) is 7.15. The first-order valence-electron chi connectivity index (χ1n) is 5.67. The molecule has 0 spiro atoms. The molecule has 3 nitrogen and oxygen atoms in total. The molecule has 0 rings (SSSR count). The molecule has 0 aromatic carbocycles. The number of nitrogens with zero attached hydrogens (tertiary/aromatic N) is 2. The van der Waals surface area contributed by atoms with Gasteiger partial charge in [-0.1, -0.05) is 13.8 Å². The summed E-state index contributed by atoms with van der Waals surface area (Å²) in [6.45, 7) is 9.66. The third-order valence-electron chi connectivity index (χ3n) is 2.77. The van der Waals surface area contributed by atoms with Gasteiger partial charge in [-0.3, -0.25) is 4.90 Å². The SMILES string of the molecule is CCC(CN)N(CC)C(C)CN(C)C. The molecule has 0 saturated carbocycles. The lowest BCUT2D eigenvalue weighted by Crippen LogP contribution is -2.48. The van der Waals surface area contributed by atoms with Crippen LogP contribution >= 0.6 is 0 Å². The van der Waals surface area contributed by atoms with Crippen LogP contribution in [-0.2, 0) is 0 Å². The van der Waals surface area contributed by atoms with Crippen LogP contribution in [0.3, 0.4) is 0 Å². The van der Waals surface area contributed by atoms with E-state index in [2.05, 4.69) is 44.7 Å². The molecule has 0 radical (unpaired) electrons. The summed E-state index contributed by atoms with van der Waals surface area (Å²) in [4.78, 5) is 4.73. The maximum absolute atomic E-state index is 5.77. The van der Waals surface area contributed by atoms with E-state index in [-0.39, 0.29) is 0 Å². The van der Waals surface area contributed by atoms with Crippen LogP contribution in [0.15, 0.2) is 0 Å². The topological polar surface area (TPSA) is 32.5 Å².